The van der Waals surface area contributed by atoms with Gasteiger partial charge < -0.3 is 5.11 Å². The first-order valence-corrected chi connectivity index (χ1v) is 11.8. The summed E-state index contributed by atoms with van der Waals surface area (Å²) in [4.78, 5) is 12.5. The number of carboxylic acids is 1. The molecule has 1 aliphatic rings. The Kier molecular flexibility index (Phi) is 5.65. The molecule has 0 atom stereocenters. The highest BCUT2D eigenvalue weighted by molar-refractivity contribution is 7.09. The van der Waals surface area contributed by atoms with Gasteiger partial charge in [-0.05, 0) is 75.1 Å². The van der Waals surface area contributed by atoms with Gasteiger partial charge in [0.25, 0.3) is 0 Å². The van der Waals surface area contributed by atoms with Crippen LogP contribution in [0.2, 0.25) is 0 Å². The number of hydrogen-bond acceptors (Lipinski definition) is 2. The number of thiophene rings is 1. The molecule has 0 radical (unpaired) electrons. The van der Waals surface area contributed by atoms with Crippen LogP contribution in [0.1, 0.15) is 83.6 Å². The minimum atomic E-state index is -0.895. The molecule has 31 heavy (non-hydrogen) atoms. The first-order chi connectivity index (χ1) is 14.7. The first-order valence-electron chi connectivity index (χ1n) is 10.9. The van der Waals surface area contributed by atoms with Crippen molar-refractivity contribution < 1.29 is 9.90 Å². The highest BCUT2D eigenvalue weighted by atomic mass is 32.1. The Balaban J connectivity index is 1.78. The molecule has 0 bridgehead atoms. The van der Waals surface area contributed by atoms with E-state index < -0.39 is 5.97 Å². The van der Waals surface area contributed by atoms with Gasteiger partial charge in [0.1, 0.15) is 0 Å². The van der Waals surface area contributed by atoms with Crippen LogP contribution >= 0.6 is 11.3 Å². The second-order valence-corrected chi connectivity index (χ2v) is 10.9. The molecule has 0 saturated heterocycles. The standard InChI is InChI=1S/C28H30O2S/c1-27(2)13-14-28(3,4)25-18-22(16-23-6-5-15-31-23)21(17-24(25)27)12-9-19-7-10-20(11-8-19)26(29)30/h5-12,15,17-18H,13-14,16H2,1-4H3,(H,29,30)/b12-9+. The van der Waals surface area contributed by atoms with Gasteiger partial charge in [0.05, 0.1) is 5.56 Å². The summed E-state index contributed by atoms with van der Waals surface area (Å²) < 4.78 is 0. The lowest BCUT2D eigenvalue weighted by Gasteiger charge is -2.42. The largest absolute Gasteiger partial charge is 0.478 e. The number of rotatable bonds is 5. The molecule has 0 unspecified atom stereocenters. The third-order valence-corrected chi connectivity index (χ3v) is 7.55. The monoisotopic (exact) mass is 430 g/mol. The average Bonchev–Trinajstić information content (AvgIpc) is 3.23. The number of carbonyl (C=O) groups is 1. The number of fused-ring (bicyclic) bond motifs is 1. The minimum Gasteiger partial charge on any atom is -0.478 e. The fourth-order valence-electron chi connectivity index (χ4n) is 4.51. The highest BCUT2D eigenvalue weighted by Gasteiger charge is 2.37. The zero-order valence-electron chi connectivity index (χ0n) is 18.7. The number of benzene rings is 2. The van der Waals surface area contributed by atoms with Gasteiger partial charge in [-0.2, -0.15) is 0 Å². The lowest BCUT2D eigenvalue weighted by atomic mass is 9.62. The van der Waals surface area contributed by atoms with E-state index in [0.717, 1.165) is 12.0 Å². The molecule has 0 fully saturated rings. The van der Waals surface area contributed by atoms with Crippen LogP contribution < -0.4 is 0 Å². The van der Waals surface area contributed by atoms with E-state index in [4.69, 9.17) is 5.11 Å². The highest BCUT2D eigenvalue weighted by Crippen LogP contribution is 2.47. The van der Waals surface area contributed by atoms with E-state index in [9.17, 15) is 4.79 Å². The van der Waals surface area contributed by atoms with Crippen molar-refractivity contribution in [2.45, 2.75) is 57.8 Å². The van der Waals surface area contributed by atoms with Gasteiger partial charge in [0.15, 0.2) is 0 Å². The molecule has 3 aromatic rings. The van der Waals surface area contributed by atoms with Gasteiger partial charge in [-0.25, -0.2) is 4.79 Å². The van der Waals surface area contributed by atoms with Gasteiger partial charge >= 0.3 is 5.97 Å². The molecular formula is C28H30O2S. The summed E-state index contributed by atoms with van der Waals surface area (Å²) in [6.45, 7) is 9.46. The van der Waals surface area contributed by atoms with E-state index in [-0.39, 0.29) is 10.8 Å². The Labute approximate surface area is 189 Å². The molecule has 1 aromatic heterocycles. The van der Waals surface area contributed by atoms with E-state index in [1.54, 1.807) is 23.5 Å². The van der Waals surface area contributed by atoms with Crippen LogP contribution in [0.4, 0.5) is 0 Å². The van der Waals surface area contributed by atoms with Gasteiger partial charge in [-0.3, -0.25) is 0 Å². The van der Waals surface area contributed by atoms with Crippen molar-refractivity contribution in [2.24, 2.45) is 0 Å². The van der Waals surface area contributed by atoms with Crippen molar-refractivity contribution in [1.82, 2.24) is 0 Å². The van der Waals surface area contributed by atoms with Gasteiger partial charge in [-0.15, -0.1) is 11.3 Å². The van der Waals surface area contributed by atoms with Crippen molar-refractivity contribution >= 4 is 29.5 Å². The summed E-state index contributed by atoms with van der Waals surface area (Å²) in [6.07, 6.45) is 7.61. The predicted octanol–water partition coefficient (Wildman–Crippen LogP) is 7.56. The SMILES string of the molecule is CC1(C)CCC(C)(C)c2cc(Cc3cccs3)c(/C=C/c3ccc(C(=O)O)cc3)cc21. The second kappa shape index (κ2) is 8.12. The molecular weight excluding hydrogens is 400 g/mol. The molecule has 160 valence electrons. The Morgan fingerprint density at radius 2 is 1.61 bits per heavy atom. The summed E-state index contributed by atoms with van der Waals surface area (Å²) in [5.74, 6) is -0.895. The molecule has 0 aliphatic heterocycles. The lowest BCUT2D eigenvalue weighted by Crippen LogP contribution is -2.34. The van der Waals surface area contributed by atoms with Gasteiger partial charge in [0, 0.05) is 11.3 Å². The van der Waals surface area contributed by atoms with Crippen LogP contribution in [-0.2, 0) is 17.3 Å². The molecule has 2 aromatic carbocycles. The third-order valence-electron chi connectivity index (χ3n) is 6.67. The zero-order chi connectivity index (χ0) is 22.2. The first kappa shape index (κ1) is 21.6. The van der Waals surface area contributed by atoms with Crippen molar-refractivity contribution in [3.05, 3.63) is 92.2 Å². The van der Waals surface area contributed by atoms with Gasteiger partial charge in [0.2, 0.25) is 0 Å². The summed E-state index contributed by atoms with van der Waals surface area (Å²) in [5, 5.41) is 11.3. The third kappa shape index (κ3) is 4.52. The van der Waals surface area contributed by atoms with Crippen molar-refractivity contribution in [3.63, 3.8) is 0 Å². The lowest BCUT2D eigenvalue weighted by molar-refractivity contribution is 0.0697. The number of aromatic carboxylic acids is 1. The van der Waals surface area contributed by atoms with E-state index in [0.29, 0.717) is 5.56 Å². The van der Waals surface area contributed by atoms with E-state index in [1.807, 2.05) is 12.1 Å². The van der Waals surface area contributed by atoms with Crippen LogP contribution in [0.15, 0.2) is 53.9 Å². The molecule has 0 amide bonds. The predicted molar refractivity (Wildman–Crippen MR) is 131 cm³/mol. The Hall–Kier alpha value is -2.65. The fourth-order valence-corrected chi connectivity index (χ4v) is 5.24. The maximum absolute atomic E-state index is 11.1. The van der Waals surface area contributed by atoms with Crippen molar-refractivity contribution in [3.8, 4) is 0 Å². The topological polar surface area (TPSA) is 37.3 Å². The fraction of sp³-hybridized carbons (Fsp3) is 0.321. The smallest absolute Gasteiger partial charge is 0.335 e. The molecule has 3 heteroatoms. The molecule has 4 rings (SSSR count). The molecule has 0 saturated carbocycles. The Morgan fingerprint density at radius 1 is 0.968 bits per heavy atom. The van der Waals surface area contributed by atoms with Crippen LogP contribution in [-0.4, -0.2) is 11.1 Å². The number of hydrogen-bond donors (Lipinski definition) is 1. The maximum atomic E-state index is 11.1. The molecule has 1 N–H and O–H groups in total. The second-order valence-electron chi connectivity index (χ2n) is 9.88. The quantitative estimate of drug-likeness (QED) is 0.424. The molecule has 1 aliphatic carbocycles. The van der Waals surface area contributed by atoms with E-state index in [2.05, 4.69) is 69.5 Å². The molecule has 0 spiro atoms. The summed E-state index contributed by atoms with van der Waals surface area (Å²) in [7, 11) is 0. The average molecular weight is 431 g/mol. The van der Waals surface area contributed by atoms with Crippen molar-refractivity contribution in [2.75, 3.05) is 0 Å². The Bertz CT molecular complexity index is 1120. The normalized spacial score (nSPS) is 16.9. The van der Waals surface area contributed by atoms with Crippen molar-refractivity contribution in [1.29, 1.82) is 0 Å². The van der Waals surface area contributed by atoms with Crippen LogP contribution in [0.3, 0.4) is 0 Å². The molecule has 2 nitrogen and oxygen atoms in total. The van der Waals surface area contributed by atoms with E-state index >= 15 is 0 Å². The van der Waals surface area contributed by atoms with Crippen LogP contribution in [0, 0.1) is 0 Å². The summed E-state index contributed by atoms with van der Waals surface area (Å²) in [5.41, 5.74) is 7.21. The minimum absolute atomic E-state index is 0.165. The zero-order valence-corrected chi connectivity index (χ0v) is 19.6. The van der Waals surface area contributed by atoms with Crippen LogP contribution in [0.5, 0.6) is 0 Å². The summed E-state index contributed by atoms with van der Waals surface area (Å²) >= 11 is 1.80. The van der Waals surface area contributed by atoms with E-state index in [1.165, 1.54) is 40.0 Å². The van der Waals surface area contributed by atoms with Gasteiger partial charge in [-0.1, -0.05) is 70.2 Å². The number of carboxylic acid groups (broad SMARTS) is 1. The summed E-state index contributed by atoms with van der Waals surface area (Å²) in [6, 6.07) is 16.2. The molecule has 1 heterocycles. The maximum Gasteiger partial charge on any atom is 0.335 e. The Morgan fingerprint density at radius 3 is 2.19 bits per heavy atom. The van der Waals surface area contributed by atoms with Crippen LogP contribution in [0.25, 0.3) is 12.2 Å².